The molecule has 3 saturated carbocycles. The Labute approximate surface area is 97.8 Å². The van der Waals surface area contributed by atoms with Gasteiger partial charge in [-0.05, 0) is 30.7 Å². The Morgan fingerprint density at radius 2 is 1.88 bits per heavy atom. The van der Waals surface area contributed by atoms with Crippen molar-refractivity contribution >= 4 is 0 Å². The molecule has 0 radical (unpaired) electrons. The highest BCUT2D eigenvalue weighted by Crippen LogP contribution is 2.76. The van der Waals surface area contributed by atoms with E-state index < -0.39 is 11.6 Å². The van der Waals surface area contributed by atoms with Crippen LogP contribution in [-0.2, 0) is 5.54 Å². The molecule has 94 valence electrons. The second kappa shape index (κ2) is 2.87. The minimum Gasteiger partial charge on any atom is -0.266 e. The molecule has 0 unspecified atom stereocenters. The topological polar surface area (TPSA) is 17.8 Å². The van der Waals surface area contributed by atoms with Gasteiger partial charge in [0.15, 0.2) is 0 Å². The van der Waals surface area contributed by atoms with Crippen molar-refractivity contribution in [1.82, 2.24) is 9.78 Å². The molecule has 1 aromatic rings. The van der Waals surface area contributed by atoms with Crippen molar-refractivity contribution in [3.63, 3.8) is 0 Å². The first-order valence-corrected chi connectivity index (χ1v) is 5.90. The maximum atomic E-state index is 12.7. The Morgan fingerprint density at radius 1 is 1.29 bits per heavy atom. The summed E-state index contributed by atoms with van der Waals surface area (Å²) in [6, 6.07) is 0. The molecule has 0 aromatic carbocycles. The first-order chi connectivity index (χ1) is 7.78. The number of halogens is 3. The molecule has 0 saturated heterocycles. The number of alkyl halides is 3. The zero-order valence-corrected chi connectivity index (χ0v) is 9.88. The molecule has 0 amide bonds. The van der Waals surface area contributed by atoms with Crippen LogP contribution in [0.5, 0.6) is 0 Å². The van der Waals surface area contributed by atoms with Gasteiger partial charge in [-0.15, -0.1) is 0 Å². The minimum absolute atomic E-state index is 0.211. The monoisotopic (exact) mass is 244 g/mol. The van der Waals surface area contributed by atoms with Gasteiger partial charge in [-0.2, -0.15) is 18.3 Å². The van der Waals surface area contributed by atoms with E-state index in [4.69, 9.17) is 0 Å². The number of hydrogen-bond donors (Lipinski definition) is 0. The molecule has 3 aliphatic carbocycles. The highest BCUT2D eigenvalue weighted by atomic mass is 19.4. The number of nitrogens with zero attached hydrogens (tertiary/aromatic N) is 2. The van der Waals surface area contributed by atoms with Crippen LogP contribution in [0.4, 0.5) is 13.2 Å². The summed E-state index contributed by atoms with van der Waals surface area (Å²) in [5, 5.41) is 4.23. The van der Waals surface area contributed by atoms with Crippen LogP contribution in [-0.4, -0.2) is 16.0 Å². The van der Waals surface area contributed by atoms with Crippen LogP contribution in [0.1, 0.15) is 44.6 Å². The summed E-state index contributed by atoms with van der Waals surface area (Å²) in [4.78, 5) is 0. The summed E-state index contributed by atoms with van der Waals surface area (Å²) in [6.45, 7) is 4.11. The van der Waals surface area contributed by atoms with Gasteiger partial charge in [-0.25, -0.2) is 0 Å². The highest BCUT2D eigenvalue weighted by Gasteiger charge is 2.79. The first-order valence-electron chi connectivity index (χ1n) is 5.90. The van der Waals surface area contributed by atoms with E-state index in [0.717, 1.165) is 5.56 Å². The van der Waals surface area contributed by atoms with Gasteiger partial charge < -0.3 is 0 Å². The van der Waals surface area contributed by atoms with Crippen LogP contribution in [0, 0.1) is 5.41 Å². The van der Waals surface area contributed by atoms with Gasteiger partial charge in [0.1, 0.15) is 0 Å². The molecule has 17 heavy (non-hydrogen) atoms. The molecular formula is C12H15F3N2. The van der Waals surface area contributed by atoms with Crippen molar-refractivity contribution < 1.29 is 13.2 Å². The molecule has 1 aromatic heterocycles. The Balaban J connectivity index is 1.78. The largest absolute Gasteiger partial charge is 0.394 e. The predicted molar refractivity (Wildman–Crippen MR) is 56.6 cm³/mol. The highest BCUT2D eigenvalue weighted by molar-refractivity contribution is 5.24. The normalized spacial score (nSPS) is 35.6. The van der Waals surface area contributed by atoms with Crippen molar-refractivity contribution in [2.45, 2.75) is 50.7 Å². The van der Waals surface area contributed by atoms with E-state index in [0.29, 0.717) is 5.92 Å². The fourth-order valence-corrected chi connectivity index (χ4v) is 3.17. The molecule has 2 nitrogen and oxygen atoms in total. The van der Waals surface area contributed by atoms with E-state index in [1.165, 1.54) is 0 Å². The zero-order chi connectivity index (χ0) is 12.5. The van der Waals surface area contributed by atoms with E-state index in [1.54, 1.807) is 10.9 Å². The maximum Gasteiger partial charge on any atom is 0.394 e. The smallest absolute Gasteiger partial charge is 0.266 e. The third-order valence-corrected chi connectivity index (χ3v) is 4.36. The predicted octanol–water partition coefficient (Wildman–Crippen LogP) is 3.45. The van der Waals surface area contributed by atoms with Crippen molar-refractivity contribution in [2.75, 3.05) is 0 Å². The summed E-state index contributed by atoms with van der Waals surface area (Å²) in [5.74, 6) is 0.368. The lowest BCUT2D eigenvalue weighted by Gasteiger charge is -2.69. The van der Waals surface area contributed by atoms with Crippen LogP contribution >= 0.6 is 0 Å². The molecule has 2 bridgehead atoms. The third kappa shape index (κ3) is 1.25. The quantitative estimate of drug-likeness (QED) is 0.779. The molecule has 0 spiro atoms. The van der Waals surface area contributed by atoms with Crippen molar-refractivity contribution in [3.8, 4) is 0 Å². The van der Waals surface area contributed by atoms with Gasteiger partial charge >= 0.3 is 6.18 Å². The molecule has 3 aliphatic rings. The van der Waals surface area contributed by atoms with E-state index in [9.17, 15) is 13.2 Å². The maximum absolute atomic E-state index is 12.7. The van der Waals surface area contributed by atoms with Crippen molar-refractivity contribution in [3.05, 3.63) is 18.0 Å². The molecule has 1 heterocycles. The van der Waals surface area contributed by atoms with Gasteiger partial charge in [-0.3, -0.25) is 4.68 Å². The lowest BCUT2D eigenvalue weighted by atomic mass is 9.39. The van der Waals surface area contributed by atoms with E-state index in [-0.39, 0.29) is 24.8 Å². The number of aromatic nitrogens is 2. The van der Waals surface area contributed by atoms with E-state index >= 15 is 0 Å². The molecule has 5 heteroatoms. The minimum atomic E-state index is -4.04. The van der Waals surface area contributed by atoms with Crippen LogP contribution in [0.25, 0.3) is 0 Å². The second-order valence-electron chi connectivity index (χ2n) is 5.91. The Bertz CT molecular complexity index is 439. The zero-order valence-electron chi connectivity index (χ0n) is 9.88. The van der Waals surface area contributed by atoms with Gasteiger partial charge in [0.2, 0.25) is 0 Å². The average Bonchev–Trinajstić information content (AvgIpc) is 2.44. The SMILES string of the molecule is CC(C)c1cnn(C23CC(C(F)(F)F)(C2)C3)c1. The molecule has 0 N–H and O–H groups in total. The standard InChI is InChI=1S/C12H15F3N2/c1-8(2)9-3-16-17(4-9)11-5-10(6-11,7-11)12(13,14)15/h3-4,8H,5-7H2,1-2H3. The van der Waals surface area contributed by atoms with Crippen molar-refractivity contribution in [1.29, 1.82) is 0 Å². The molecule has 4 rings (SSSR count). The molecule has 0 aliphatic heterocycles. The van der Waals surface area contributed by atoms with E-state index in [1.807, 2.05) is 6.20 Å². The van der Waals surface area contributed by atoms with E-state index in [2.05, 4.69) is 18.9 Å². The van der Waals surface area contributed by atoms with Crippen LogP contribution in [0.2, 0.25) is 0 Å². The summed E-state index contributed by atoms with van der Waals surface area (Å²) in [5.41, 5.74) is -0.629. The van der Waals surface area contributed by atoms with Crippen LogP contribution < -0.4 is 0 Å². The lowest BCUT2D eigenvalue weighted by Crippen LogP contribution is -2.73. The van der Waals surface area contributed by atoms with Gasteiger partial charge in [0.25, 0.3) is 0 Å². The fourth-order valence-electron chi connectivity index (χ4n) is 3.17. The average molecular weight is 244 g/mol. The molecule has 0 atom stereocenters. The summed E-state index contributed by atoms with van der Waals surface area (Å²) >= 11 is 0. The fraction of sp³-hybridized carbons (Fsp3) is 0.750. The van der Waals surface area contributed by atoms with Crippen LogP contribution in [0.3, 0.4) is 0 Å². The summed E-state index contributed by atoms with van der Waals surface area (Å²) in [6.07, 6.45) is 0.270. The Hall–Kier alpha value is -1.00. The number of rotatable bonds is 2. The second-order valence-corrected chi connectivity index (χ2v) is 5.91. The van der Waals surface area contributed by atoms with Gasteiger partial charge in [-0.1, -0.05) is 13.8 Å². The lowest BCUT2D eigenvalue weighted by molar-refractivity contribution is -0.356. The molecular weight excluding hydrogens is 229 g/mol. The molecule has 3 fully saturated rings. The van der Waals surface area contributed by atoms with Gasteiger partial charge in [0, 0.05) is 6.20 Å². The van der Waals surface area contributed by atoms with Crippen molar-refractivity contribution in [2.24, 2.45) is 5.41 Å². The Morgan fingerprint density at radius 3 is 2.29 bits per heavy atom. The summed E-state index contributed by atoms with van der Waals surface area (Å²) in [7, 11) is 0. The Kier molecular flexibility index (Phi) is 1.88. The first kappa shape index (κ1) is 11.1. The van der Waals surface area contributed by atoms with Crippen LogP contribution in [0.15, 0.2) is 12.4 Å². The van der Waals surface area contributed by atoms with Gasteiger partial charge in [0.05, 0.1) is 17.2 Å². The number of hydrogen-bond acceptors (Lipinski definition) is 1. The summed E-state index contributed by atoms with van der Waals surface area (Å²) < 4.78 is 39.9. The third-order valence-electron chi connectivity index (χ3n) is 4.36.